The monoisotopic (exact) mass is 710 g/mol. The van der Waals surface area contributed by atoms with Gasteiger partial charge in [0.05, 0.1) is 0 Å². The Morgan fingerprint density at radius 3 is 1.28 bits per heavy atom. The van der Waals surface area contributed by atoms with E-state index in [4.69, 9.17) is 0 Å². The van der Waals surface area contributed by atoms with E-state index in [9.17, 15) is 25.2 Å². The van der Waals surface area contributed by atoms with Crippen LogP contribution < -0.4 is 0 Å². The average molecular weight is 709 g/mol. The molecule has 0 nitrogen and oxygen atoms in total. The van der Waals surface area contributed by atoms with Gasteiger partial charge in [-0.1, -0.05) is 0 Å². The van der Waals surface area contributed by atoms with Crippen molar-refractivity contribution in [1.29, 1.82) is 0 Å². The average Bonchev–Trinajstić information content (AvgIpc) is 2.66. The number of rotatable bonds is 2. The van der Waals surface area contributed by atoms with Crippen LogP contribution in [0.3, 0.4) is 0 Å². The van der Waals surface area contributed by atoms with Gasteiger partial charge in [0.25, 0.3) is 0 Å². The molecule has 224 valence electrons. The van der Waals surface area contributed by atoms with Crippen molar-refractivity contribution in [3.63, 3.8) is 0 Å². The van der Waals surface area contributed by atoms with Crippen molar-refractivity contribution in [3.05, 3.63) is 65.4 Å². The Kier molecular flexibility index (Phi) is 10.2. The maximum atomic E-state index is 9.87. The van der Waals surface area contributed by atoms with Crippen LogP contribution in [0, 0.1) is 10.8 Å². The summed E-state index contributed by atoms with van der Waals surface area (Å²) in [6.45, 7) is 30.5. The predicted octanol–water partition coefficient (Wildman–Crippen LogP) is 11.9. The first-order chi connectivity index (χ1) is 16.7. The van der Waals surface area contributed by atoms with Crippen molar-refractivity contribution in [2.45, 2.75) is 101 Å². The van der Waals surface area contributed by atoms with Crippen LogP contribution in [-0.4, -0.2) is 29.5 Å². The molecule has 0 aromatic carbocycles. The summed E-state index contributed by atoms with van der Waals surface area (Å²) in [5, 5.41) is 0. The van der Waals surface area contributed by atoms with Crippen LogP contribution in [0.25, 0.3) is 5.57 Å². The Labute approximate surface area is 244 Å². The number of halogens is 6. The molecule has 2 heterocycles. The molecule has 9 heteroatoms. The van der Waals surface area contributed by atoms with Crippen molar-refractivity contribution in [1.82, 2.24) is 0 Å². The Balaban J connectivity index is 0.000000956. The third-order valence-electron chi connectivity index (χ3n) is 5.55. The van der Waals surface area contributed by atoms with Gasteiger partial charge >= 0.3 is 245 Å². The SMILES string of the molecule is C/C(=C\C=C1C=C(C(C)(C)C)[Se]C(C(C)(C)C)=C1)c1cc(C(C)(C)C)[se+]c(C(C)(C)C)c1.F[P-](F)(F)(F)(F)F. The van der Waals surface area contributed by atoms with E-state index in [1.165, 1.54) is 16.7 Å². The van der Waals surface area contributed by atoms with E-state index in [0.29, 0.717) is 29.5 Å². The third-order valence-corrected chi connectivity index (χ3v) is 13.5. The zero-order valence-corrected chi connectivity index (χ0v) is 29.8. The second-order valence-corrected chi connectivity index (χ2v) is 20.6. The minimum absolute atomic E-state index is 0.217. The minimum atomic E-state index is -10.7. The Hall–Kier alpha value is -0.641. The molecule has 1 aromatic rings. The van der Waals surface area contributed by atoms with Gasteiger partial charge in [-0.15, -0.1) is 0 Å². The van der Waals surface area contributed by atoms with Crippen molar-refractivity contribution in [2.24, 2.45) is 10.8 Å². The molecule has 0 saturated carbocycles. The summed E-state index contributed by atoms with van der Waals surface area (Å²) < 4.78 is 65.6. The van der Waals surface area contributed by atoms with Crippen molar-refractivity contribution in [3.8, 4) is 0 Å². The summed E-state index contributed by atoms with van der Waals surface area (Å²) >= 11 is 0.861. The van der Waals surface area contributed by atoms with E-state index in [2.05, 4.69) is 126 Å². The van der Waals surface area contributed by atoms with E-state index in [-0.39, 0.29) is 21.7 Å². The molecule has 0 fully saturated rings. The normalized spacial score (nSPS) is 17.8. The van der Waals surface area contributed by atoms with Gasteiger partial charge in [0.15, 0.2) is 0 Å². The fourth-order valence-corrected chi connectivity index (χ4v) is 8.31. The molecule has 0 aliphatic carbocycles. The van der Waals surface area contributed by atoms with Gasteiger partial charge in [-0.3, -0.25) is 0 Å². The fourth-order valence-electron chi connectivity index (χ4n) is 3.14. The summed E-state index contributed by atoms with van der Waals surface area (Å²) in [5.74, 6) is 0. The second-order valence-electron chi connectivity index (χ2n) is 14.2. The van der Waals surface area contributed by atoms with E-state index >= 15 is 0 Å². The summed E-state index contributed by atoms with van der Waals surface area (Å²) in [6, 6.07) is 4.94. The van der Waals surface area contributed by atoms with Crippen molar-refractivity contribution < 1.29 is 25.2 Å². The van der Waals surface area contributed by atoms with Gasteiger partial charge in [0.2, 0.25) is 0 Å². The van der Waals surface area contributed by atoms with E-state index in [0.717, 1.165) is 0 Å². The van der Waals surface area contributed by atoms with Gasteiger partial charge < -0.3 is 0 Å². The molecule has 0 atom stereocenters. The van der Waals surface area contributed by atoms with Gasteiger partial charge in [-0.25, -0.2) is 0 Å². The van der Waals surface area contributed by atoms with Crippen LogP contribution in [0.5, 0.6) is 0 Å². The first kappa shape index (κ1) is 36.4. The van der Waals surface area contributed by atoms with Crippen LogP contribution >= 0.6 is 7.81 Å². The summed E-state index contributed by atoms with van der Waals surface area (Å²) in [4.78, 5) is 0. The molecule has 1 aliphatic rings. The van der Waals surface area contributed by atoms with E-state index in [1.54, 1.807) is 17.8 Å². The van der Waals surface area contributed by atoms with Gasteiger partial charge in [0, 0.05) is 0 Å². The maximum absolute atomic E-state index is 10.7. The molecule has 39 heavy (non-hydrogen) atoms. The topological polar surface area (TPSA) is 0 Å². The molecule has 0 bridgehead atoms. The van der Waals surface area contributed by atoms with Crippen LogP contribution in [0.1, 0.15) is 104 Å². The molecule has 2 rings (SSSR count). The fraction of sp³-hybridized carbons (Fsp3) is 0.567. The predicted molar refractivity (Wildman–Crippen MR) is 161 cm³/mol. The molecule has 0 radical (unpaired) electrons. The zero-order valence-electron chi connectivity index (χ0n) is 25.5. The third kappa shape index (κ3) is 14.7. The van der Waals surface area contributed by atoms with E-state index in [1.807, 2.05) is 0 Å². The van der Waals surface area contributed by atoms with Gasteiger partial charge in [-0.2, -0.15) is 0 Å². The number of hydrogen-bond acceptors (Lipinski definition) is 0. The van der Waals surface area contributed by atoms with Crippen LogP contribution in [0.2, 0.25) is 0 Å². The second kappa shape index (κ2) is 10.9. The molecule has 0 amide bonds. The van der Waals surface area contributed by atoms with Crippen molar-refractivity contribution in [2.75, 3.05) is 0 Å². The molecular weight excluding hydrogens is 663 g/mol. The zero-order chi connectivity index (χ0) is 31.1. The molecular formula is C30H45F6PSe2. The van der Waals surface area contributed by atoms with Gasteiger partial charge in [-0.05, 0) is 0 Å². The quantitative estimate of drug-likeness (QED) is 0.163. The summed E-state index contributed by atoms with van der Waals surface area (Å²) in [6.07, 6.45) is 9.56. The standard InChI is InChI=1S/C30H45Se2.F6P/c1-20(22-18-25(29(8,9)10)32-26(19-22)30(11,12)13)14-15-21-16-23(27(2,3)4)31-24(17-21)28(5,6)7;1-7(2,3,4,5)6/h14-19H,1-13H3;/q+1;-1. The van der Waals surface area contributed by atoms with Gasteiger partial charge in [0.1, 0.15) is 0 Å². The van der Waals surface area contributed by atoms with Crippen molar-refractivity contribution >= 4 is 42.8 Å². The first-order valence-corrected chi connectivity index (χ1v) is 18.3. The summed E-state index contributed by atoms with van der Waals surface area (Å²) in [5.41, 5.74) is 4.95. The molecule has 0 unspecified atom stereocenters. The Morgan fingerprint density at radius 1 is 0.667 bits per heavy atom. The summed E-state index contributed by atoms with van der Waals surface area (Å²) in [7, 11) is -10.7. The number of allylic oxidation sites excluding steroid dienone is 8. The van der Waals surface area contributed by atoms with Crippen LogP contribution in [0.4, 0.5) is 25.2 Å². The number of hydrogen-bond donors (Lipinski definition) is 0. The Bertz CT molecular complexity index is 1120. The Morgan fingerprint density at radius 2 is 1.00 bits per heavy atom. The molecule has 1 aromatic heterocycles. The van der Waals surface area contributed by atoms with Crippen LogP contribution in [0.15, 0.2) is 51.0 Å². The first-order valence-electron chi connectivity index (χ1n) is 12.8. The molecule has 0 N–H and O–H groups in total. The van der Waals surface area contributed by atoms with E-state index < -0.39 is 7.81 Å². The molecule has 0 saturated heterocycles. The molecule has 1 aliphatic heterocycles. The van der Waals surface area contributed by atoms with Crippen LogP contribution in [-0.2, 0) is 10.8 Å². The molecule has 0 spiro atoms.